The third kappa shape index (κ3) is 5.59. The Kier molecular flexibility index (Phi) is 7.60. The van der Waals surface area contributed by atoms with Crippen molar-refractivity contribution >= 4 is 17.7 Å². The van der Waals surface area contributed by atoms with Gasteiger partial charge < -0.3 is 25.0 Å². The number of amides is 2. The van der Waals surface area contributed by atoms with Gasteiger partial charge in [0.1, 0.15) is 5.75 Å². The van der Waals surface area contributed by atoms with E-state index in [1.54, 1.807) is 14.0 Å². The van der Waals surface area contributed by atoms with E-state index in [-0.39, 0.29) is 18.7 Å². The number of methoxy groups -OCH3 is 1. The first-order valence-corrected chi connectivity index (χ1v) is 12.1. The predicted molar refractivity (Wildman–Crippen MR) is 135 cm³/mol. The van der Waals surface area contributed by atoms with E-state index in [0.29, 0.717) is 23.6 Å². The van der Waals surface area contributed by atoms with Gasteiger partial charge >= 0.3 is 12.0 Å². The molecular weight excluding hydrogens is 444 g/mol. The van der Waals surface area contributed by atoms with E-state index >= 15 is 0 Å². The number of ether oxygens (including phenoxy) is 2. The van der Waals surface area contributed by atoms with Crippen LogP contribution in [-0.4, -0.2) is 62.8 Å². The first-order chi connectivity index (χ1) is 16.9. The van der Waals surface area contributed by atoms with Crippen molar-refractivity contribution in [2.45, 2.75) is 32.9 Å². The highest BCUT2D eigenvalue weighted by atomic mass is 16.5. The van der Waals surface area contributed by atoms with Gasteiger partial charge in [-0.15, -0.1) is 0 Å². The van der Waals surface area contributed by atoms with E-state index in [0.717, 1.165) is 25.2 Å². The van der Waals surface area contributed by atoms with Crippen LogP contribution in [0.5, 0.6) is 5.75 Å². The molecule has 0 saturated carbocycles. The highest BCUT2D eigenvalue weighted by Gasteiger charge is 2.35. The van der Waals surface area contributed by atoms with E-state index < -0.39 is 12.0 Å². The molecule has 2 aromatic rings. The van der Waals surface area contributed by atoms with Crippen molar-refractivity contribution in [3.63, 3.8) is 0 Å². The Morgan fingerprint density at radius 3 is 2.57 bits per heavy atom. The molecule has 4 rings (SSSR count). The lowest BCUT2D eigenvalue weighted by Crippen LogP contribution is -2.54. The molecule has 2 heterocycles. The van der Waals surface area contributed by atoms with Crippen LogP contribution in [0.2, 0.25) is 0 Å². The van der Waals surface area contributed by atoms with Crippen molar-refractivity contribution in [1.82, 2.24) is 15.5 Å². The summed E-state index contributed by atoms with van der Waals surface area (Å²) >= 11 is 0. The number of hydrogen-bond acceptors (Lipinski definition) is 6. The Hall–Kier alpha value is -3.52. The van der Waals surface area contributed by atoms with Gasteiger partial charge in [-0.3, -0.25) is 4.90 Å². The van der Waals surface area contributed by atoms with Crippen molar-refractivity contribution in [3.05, 3.63) is 70.9 Å². The molecule has 1 fully saturated rings. The zero-order chi connectivity index (χ0) is 24.9. The molecule has 0 spiro atoms. The van der Waals surface area contributed by atoms with Gasteiger partial charge in [0.15, 0.2) is 0 Å². The average molecular weight is 479 g/mol. The van der Waals surface area contributed by atoms with Crippen LogP contribution in [0, 0.1) is 6.92 Å². The summed E-state index contributed by atoms with van der Waals surface area (Å²) in [6.07, 6.45) is 0. The van der Waals surface area contributed by atoms with Crippen LogP contribution in [0.15, 0.2) is 59.8 Å². The second-order valence-corrected chi connectivity index (χ2v) is 9.03. The van der Waals surface area contributed by atoms with Crippen LogP contribution in [-0.2, 0) is 9.53 Å². The minimum absolute atomic E-state index is 0.255. The standard InChI is InChI=1S/C27H34N4O4/c1-5-35-26(32)24-23(28-27(33)29-25(24)20-9-11-22(34-4)12-10-20)17-30-13-14-31(19(3)16-30)21-8-6-7-18(2)15-21/h6-12,15,19,25H,5,13-14,16-17H2,1-4H3,(H2,28,29,33). The maximum Gasteiger partial charge on any atom is 0.338 e. The molecule has 2 aliphatic heterocycles. The van der Waals surface area contributed by atoms with Gasteiger partial charge in [-0.05, 0) is 56.2 Å². The van der Waals surface area contributed by atoms with E-state index in [1.807, 2.05) is 24.3 Å². The number of benzene rings is 2. The van der Waals surface area contributed by atoms with Gasteiger partial charge in [0.2, 0.25) is 0 Å². The summed E-state index contributed by atoms with van der Waals surface area (Å²) in [6, 6.07) is 15.2. The molecular formula is C27H34N4O4. The fourth-order valence-corrected chi connectivity index (χ4v) is 4.83. The molecule has 8 heteroatoms. The number of aryl methyl sites for hydroxylation is 1. The van der Waals surface area contributed by atoms with Crippen molar-refractivity contribution in [2.24, 2.45) is 0 Å². The fourth-order valence-electron chi connectivity index (χ4n) is 4.83. The predicted octanol–water partition coefficient (Wildman–Crippen LogP) is 3.39. The SMILES string of the molecule is CCOC(=O)C1=C(CN2CCN(c3cccc(C)c3)C(C)C2)NC(=O)NC1c1ccc(OC)cc1. The number of rotatable bonds is 7. The van der Waals surface area contributed by atoms with Gasteiger partial charge in [0.25, 0.3) is 0 Å². The molecule has 2 aliphatic rings. The lowest BCUT2D eigenvalue weighted by molar-refractivity contribution is -0.139. The zero-order valence-corrected chi connectivity index (χ0v) is 20.8. The number of hydrogen-bond donors (Lipinski definition) is 2. The highest BCUT2D eigenvalue weighted by Crippen LogP contribution is 2.30. The van der Waals surface area contributed by atoms with Crippen LogP contribution < -0.4 is 20.3 Å². The van der Waals surface area contributed by atoms with Crippen LogP contribution >= 0.6 is 0 Å². The molecule has 186 valence electrons. The Bertz CT molecular complexity index is 1100. The lowest BCUT2D eigenvalue weighted by Gasteiger charge is -2.42. The maximum atomic E-state index is 13.1. The van der Waals surface area contributed by atoms with Gasteiger partial charge in [-0.1, -0.05) is 24.3 Å². The summed E-state index contributed by atoms with van der Waals surface area (Å²) in [5, 5.41) is 5.78. The second-order valence-electron chi connectivity index (χ2n) is 9.03. The minimum atomic E-state index is -0.602. The summed E-state index contributed by atoms with van der Waals surface area (Å²) in [5.74, 6) is 0.277. The molecule has 0 aromatic heterocycles. The first-order valence-electron chi connectivity index (χ1n) is 12.1. The fraction of sp³-hybridized carbons (Fsp3) is 0.407. The number of esters is 1. The Balaban J connectivity index is 1.58. The molecule has 1 saturated heterocycles. The number of piperazine rings is 1. The Labute approximate surface area is 206 Å². The van der Waals surface area contributed by atoms with E-state index in [9.17, 15) is 9.59 Å². The molecule has 2 aromatic carbocycles. The van der Waals surface area contributed by atoms with Crippen molar-refractivity contribution in [2.75, 3.05) is 44.8 Å². The van der Waals surface area contributed by atoms with E-state index in [1.165, 1.54) is 11.3 Å². The van der Waals surface area contributed by atoms with Crippen LogP contribution in [0.25, 0.3) is 0 Å². The minimum Gasteiger partial charge on any atom is -0.497 e. The number of carbonyl (C=O) groups excluding carboxylic acids is 2. The van der Waals surface area contributed by atoms with Crippen LogP contribution in [0.4, 0.5) is 10.5 Å². The number of carbonyl (C=O) groups is 2. The molecule has 2 unspecified atom stereocenters. The third-order valence-electron chi connectivity index (χ3n) is 6.52. The second kappa shape index (κ2) is 10.8. The molecule has 8 nitrogen and oxygen atoms in total. The van der Waals surface area contributed by atoms with Crippen molar-refractivity contribution in [3.8, 4) is 5.75 Å². The molecule has 0 aliphatic carbocycles. The summed E-state index contributed by atoms with van der Waals surface area (Å²) in [5.41, 5.74) is 4.27. The number of nitrogens with zero attached hydrogens (tertiary/aromatic N) is 2. The van der Waals surface area contributed by atoms with Gasteiger partial charge in [0, 0.05) is 43.6 Å². The van der Waals surface area contributed by atoms with Crippen LogP contribution in [0.1, 0.15) is 31.0 Å². The molecule has 35 heavy (non-hydrogen) atoms. The number of anilines is 1. The lowest BCUT2D eigenvalue weighted by atomic mass is 9.94. The van der Waals surface area contributed by atoms with Gasteiger partial charge in [-0.25, -0.2) is 9.59 Å². The third-order valence-corrected chi connectivity index (χ3v) is 6.52. The quantitative estimate of drug-likeness (QED) is 0.594. The van der Waals surface area contributed by atoms with E-state index in [4.69, 9.17) is 9.47 Å². The number of nitrogens with one attached hydrogen (secondary N) is 2. The van der Waals surface area contributed by atoms with Gasteiger partial charge in [0.05, 0.1) is 25.3 Å². The largest absolute Gasteiger partial charge is 0.497 e. The van der Waals surface area contributed by atoms with Crippen molar-refractivity contribution < 1.29 is 19.1 Å². The summed E-state index contributed by atoms with van der Waals surface area (Å²) in [4.78, 5) is 30.4. The van der Waals surface area contributed by atoms with Gasteiger partial charge in [-0.2, -0.15) is 0 Å². The Morgan fingerprint density at radius 2 is 1.91 bits per heavy atom. The molecule has 2 amide bonds. The average Bonchev–Trinajstić information content (AvgIpc) is 2.84. The smallest absolute Gasteiger partial charge is 0.338 e. The summed E-state index contributed by atoms with van der Waals surface area (Å²) < 4.78 is 10.7. The molecule has 0 radical (unpaired) electrons. The maximum absolute atomic E-state index is 13.1. The van der Waals surface area contributed by atoms with E-state index in [2.05, 4.69) is 58.5 Å². The molecule has 2 atom stereocenters. The number of urea groups is 1. The van der Waals surface area contributed by atoms with Crippen molar-refractivity contribution in [1.29, 1.82) is 0 Å². The molecule has 0 bridgehead atoms. The topological polar surface area (TPSA) is 83.1 Å². The monoisotopic (exact) mass is 478 g/mol. The first kappa shape index (κ1) is 24.6. The van der Waals surface area contributed by atoms with Crippen LogP contribution in [0.3, 0.4) is 0 Å². The summed E-state index contributed by atoms with van der Waals surface area (Å²) in [6.45, 7) is 9.29. The Morgan fingerprint density at radius 1 is 1.14 bits per heavy atom. The zero-order valence-electron chi connectivity index (χ0n) is 20.8. The normalized spacial score (nSPS) is 20.8. The molecule has 2 N–H and O–H groups in total. The summed E-state index contributed by atoms with van der Waals surface area (Å²) in [7, 11) is 1.60. The highest BCUT2D eigenvalue weighted by molar-refractivity contribution is 5.95.